The van der Waals surface area contributed by atoms with Gasteiger partial charge in [0.15, 0.2) is 12.6 Å². The third-order valence-corrected chi connectivity index (χ3v) is 7.24. The van der Waals surface area contributed by atoms with E-state index in [4.69, 9.17) is 18.9 Å². The number of carbonyl (C=O) groups excluding carboxylic acids is 1. The fraction of sp³-hybridized carbons (Fsp3) is 0.708. The maximum atomic E-state index is 13.3. The van der Waals surface area contributed by atoms with Crippen LogP contribution in [0.25, 0.3) is 0 Å². The molecule has 2 saturated heterocycles. The Morgan fingerprint density at radius 3 is 1.65 bits per heavy atom. The van der Waals surface area contributed by atoms with Gasteiger partial charge in [0.2, 0.25) is 0 Å². The Hall–Kier alpha value is -2.40. The summed E-state index contributed by atoms with van der Waals surface area (Å²) >= 11 is 0. The molecule has 3 heterocycles. The van der Waals surface area contributed by atoms with Gasteiger partial charge in [-0.05, 0) is 12.1 Å². The zero-order chi connectivity index (χ0) is 31.7. The number of alkyl halides is 3. The van der Waals surface area contributed by atoms with Crippen molar-refractivity contribution in [2.75, 3.05) is 26.4 Å². The van der Waals surface area contributed by atoms with E-state index < -0.39 is 112 Å². The van der Waals surface area contributed by atoms with Crippen LogP contribution in [0.4, 0.5) is 13.2 Å². The van der Waals surface area contributed by atoms with Gasteiger partial charge in [0.25, 0.3) is 5.91 Å². The molecule has 1 aromatic carbocycles. The first-order chi connectivity index (χ1) is 20.2. The Bertz CT molecular complexity index is 1080. The third kappa shape index (κ3) is 6.97. The number of amides is 1. The standard InChI is InChI=1S/C24H32F3N3O13/c25-24(26,27)23(29-30-23)10-3-1-9(2-4-10)20(37)28-11(7-40-18-12(5-31)42-21(38)16(35)14(18)33)8-41-19-13(6-32)43-22(39)17(36)15(19)34/h1-4,11-19,21-22,31-36,38-39H,5-8H2,(H,28,37)/t11?,12-,13-,14-,15+,16+,17+,18+,19+,21+,22+/m0/s1. The van der Waals surface area contributed by atoms with Crippen LogP contribution >= 0.6 is 0 Å². The second kappa shape index (κ2) is 13.3. The van der Waals surface area contributed by atoms with Crippen LogP contribution in [0.5, 0.6) is 0 Å². The van der Waals surface area contributed by atoms with Crippen molar-refractivity contribution >= 4 is 5.91 Å². The summed E-state index contributed by atoms with van der Waals surface area (Å²) in [6.07, 6.45) is -21.0. The summed E-state index contributed by atoms with van der Waals surface area (Å²) < 4.78 is 61.2. The predicted octanol–water partition coefficient (Wildman–Crippen LogP) is -3.40. The molecule has 0 saturated carbocycles. The van der Waals surface area contributed by atoms with Gasteiger partial charge >= 0.3 is 11.8 Å². The lowest BCUT2D eigenvalue weighted by molar-refractivity contribution is -0.299. The van der Waals surface area contributed by atoms with E-state index in [2.05, 4.69) is 15.5 Å². The molecule has 3 aliphatic rings. The van der Waals surface area contributed by atoms with E-state index in [1.165, 1.54) is 0 Å². The number of hydrogen-bond acceptors (Lipinski definition) is 15. The first kappa shape index (κ1) is 33.5. The normalized spacial score (nSPS) is 36.3. The van der Waals surface area contributed by atoms with Crippen LogP contribution in [-0.2, 0) is 24.6 Å². The van der Waals surface area contributed by atoms with Crippen molar-refractivity contribution in [2.45, 2.75) is 79.3 Å². The topological polar surface area (TPSA) is 253 Å². The number of nitrogens with zero attached hydrogens (tertiary/aromatic N) is 2. The Morgan fingerprint density at radius 2 is 1.28 bits per heavy atom. The van der Waals surface area contributed by atoms with Crippen molar-refractivity contribution in [3.8, 4) is 0 Å². The van der Waals surface area contributed by atoms with E-state index in [1.807, 2.05) is 0 Å². The maximum Gasteiger partial charge on any atom is 0.442 e. The van der Waals surface area contributed by atoms with Crippen LogP contribution in [0, 0.1) is 0 Å². The first-order valence-corrected chi connectivity index (χ1v) is 13.0. The molecule has 4 rings (SSSR count). The van der Waals surface area contributed by atoms with Crippen molar-refractivity contribution in [2.24, 2.45) is 10.2 Å². The third-order valence-electron chi connectivity index (χ3n) is 7.24. The lowest BCUT2D eigenvalue weighted by Gasteiger charge is -2.41. The summed E-state index contributed by atoms with van der Waals surface area (Å²) in [7, 11) is 0. The molecule has 0 radical (unpaired) electrons. The Labute approximate surface area is 240 Å². The number of benzene rings is 1. The van der Waals surface area contributed by atoms with Gasteiger partial charge in [-0.15, -0.1) is 10.2 Å². The molecule has 0 aromatic heterocycles. The van der Waals surface area contributed by atoms with E-state index in [9.17, 15) is 58.8 Å². The molecule has 11 atom stereocenters. The second-order valence-electron chi connectivity index (χ2n) is 10.2. The van der Waals surface area contributed by atoms with Crippen LogP contribution < -0.4 is 5.32 Å². The van der Waals surface area contributed by atoms with Gasteiger partial charge in [-0.2, -0.15) is 13.2 Å². The lowest BCUT2D eigenvalue weighted by Crippen LogP contribution is -2.61. The monoisotopic (exact) mass is 627 g/mol. The van der Waals surface area contributed by atoms with Crippen molar-refractivity contribution in [3.63, 3.8) is 0 Å². The van der Waals surface area contributed by atoms with Crippen LogP contribution in [0.3, 0.4) is 0 Å². The zero-order valence-electron chi connectivity index (χ0n) is 22.1. The highest BCUT2D eigenvalue weighted by molar-refractivity contribution is 5.94. The quantitative estimate of drug-likeness (QED) is 0.116. The number of nitrogens with one attached hydrogen (secondary N) is 1. The van der Waals surface area contributed by atoms with Crippen molar-refractivity contribution in [1.29, 1.82) is 0 Å². The molecule has 0 spiro atoms. The van der Waals surface area contributed by atoms with Gasteiger partial charge in [0.1, 0.15) is 48.8 Å². The van der Waals surface area contributed by atoms with E-state index in [0.29, 0.717) is 0 Å². The van der Waals surface area contributed by atoms with Gasteiger partial charge in [-0.1, -0.05) is 12.1 Å². The fourth-order valence-electron chi connectivity index (χ4n) is 4.70. The van der Waals surface area contributed by atoms with Gasteiger partial charge in [-0.25, -0.2) is 0 Å². The lowest BCUT2D eigenvalue weighted by atomic mass is 9.99. The summed E-state index contributed by atoms with van der Waals surface area (Å²) in [6.45, 7) is -2.54. The Morgan fingerprint density at radius 1 is 0.837 bits per heavy atom. The minimum absolute atomic E-state index is 0.104. The van der Waals surface area contributed by atoms with E-state index in [1.54, 1.807) is 0 Å². The number of aliphatic hydroxyl groups excluding tert-OH is 8. The van der Waals surface area contributed by atoms with Crippen LogP contribution in [0.2, 0.25) is 0 Å². The Kier molecular flexibility index (Phi) is 10.4. The van der Waals surface area contributed by atoms with Gasteiger partial charge < -0.3 is 65.1 Å². The van der Waals surface area contributed by atoms with Crippen molar-refractivity contribution in [3.05, 3.63) is 35.4 Å². The number of aliphatic hydroxyl groups is 8. The molecule has 3 aliphatic heterocycles. The number of ether oxygens (including phenoxy) is 4. The zero-order valence-corrected chi connectivity index (χ0v) is 22.1. The maximum absolute atomic E-state index is 13.3. The minimum Gasteiger partial charge on any atom is -0.394 e. The highest BCUT2D eigenvalue weighted by Gasteiger charge is 2.65. The van der Waals surface area contributed by atoms with Gasteiger partial charge in [-0.3, -0.25) is 4.79 Å². The molecule has 1 unspecified atom stereocenters. The molecule has 1 amide bonds. The smallest absolute Gasteiger partial charge is 0.394 e. The molecule has 2 fully saturated rings. The average Bonchev–Trinajstić information content (AvgIpc) is 3.80. The number of hydrogen-bond donors (Lipinski definition) is 9. The summed E-state index contributed by atoms with van der Waals surface area (Å²) in [4.78, 5) is 13.0. The molecule has 1 aromatic rings. The second-order valence-corrected chi connectivity index (χ2v) is 10.2. The largest absolute Gasteiger partial charge is 0.442 e. The summed E-state index contributed by atoms with van der Waals surface area (Å²) in [5.41, 5.74) is -3.11. The van der Waals surface area contributed by atoms with Crippen LogP contribution in [0.15, 0.2) is 34.5 Å². The summed E-state index contributed by atoms with van der Waals surface area (Å²) in [6, 6.07) is 3.04. The average molecular weight is 628 g/mol. The van der Waals surface area contributed by atoms with Gasteiger partial charge in [0.05, 0.1) is 32.5 Å². The van der Waals surface area contributed by atoms with E-state index >= 15 is 0 Å². The van der Waals surface area contributed by atoms with Crippen molar-refractivity contribution in [1.82, 2.24) is 5.32 Å². The molecule has 0 aliphatic carbocycles. The molecular formula is C24H32F3N3O13. The van der Waals surface area contributed by atoms with Crippen LogP contribution in [-0.4, -0.2) is 147 Å². The first-order valence-electron chi connectivity index (χ1n) is 13.0. The highest BCUT2D eigenvalue weighted by atomic mass is 19.4. The number of carbonyl (C=O) groups is 1. The molecule has 43 heavy (non-hydrogen) atoms. The van der Waals surface area contributed by atoms with Gasteiger partial charge in [0, 0.05) is 11.1 Å². The van der Waals surface area contributed by atoms with E-state index in [-0.39, 0.29) is 11.1 Å². The van der Waals surface area contributed by atoms with Crippen LogP contribution in [0.1, 0.15) is 15.9 Å². The summed E-state index contributed by atoms with van der Waals surface area (Å²) in [5, 5.41) is 87.9. The molecule has 16 nitrogen and oxygen atoms in total. The molecule has 9 N–H and O–H groups in total. The SMILES string of the molecule is O=C(NC(CO[C@H]1[C@H](O)[C@@H](O)[C@H](O)O[C@H]1CO)CO[C@H]1[C@@H](O)[C@@H](O)[C@H](O)O[C@H]1CO)c1ccc(C2(C(F)(F)F)N=N2)cc1. The molecular weight excluding hydrogens is 595 g/mol. The minimum atomic E-state index is -4.77. The molecule has 19 heteroatoms. The fourth-order valence-corrected chi connectivity index (χ4v) is 4.70. The number of rotatable bonds is 11. The Balaban J connectivity index is 1.48. The van der Waals surface area contributed by atoms with Crippen molar-refractivity contribution < 1.29 is 77.8 Å². The predicted molar refractivity (Wildman–Crippen MR) is 130 cm³/mol. The molecule has 242 valence electrons. The highest BCUT2D eigenvalue weighted by Crippen LogP contribution is 2.52. The number of halogens is 3. The van der Waals surface area contributed by atoms with E-state index in [0.717, 1.165) is 24.3 Å². The summed E-state index contributed by atoms with van der Waals surface area (Å²) in [5.74, 6) is -0.835. The molecule has 0 bridgehead atoms.